The summed E-state index contributed by atoms with van der Waals surface area (Å²) >= 11 is 0. The molecule has 1 unspecified atom stereocenters. The van der Waals surface area contributed by atoms with Gasteiger partial charge in [0.15, 0.2) is 11.6 Å². The van der Waals surface area contributed by atoms with E-state index in [9.17, 15) is 14.8 Å². The van der Waals surface area contributed by atoms with E-state index >= 15 is 4.39 Å². The third-order valence-corrected chi connectivity index (χ3v) is 6.84. The summed E-state index contributed by atoms with van der Waals surface area (Å²) in [4.78, 5) is 36.7. The van der Waals surface area contributed by atoms with Gasteiger partial charge in [-0.1, -0.05) is 32.6 Å². The molecule has 1 saturated heterocycles. The highest BCUT2D eigenvalue weighted by molar-refractivity contribution is 5.80. The smallest absolute Gasteiger partial charge is 0.243 e. The van der Waals surface area contributed by atoms with E-state index in [-0.39, 0.29) is 24.6 Å². The molecule has 1 aromatic rings. The molecule has 34 heavy (non-hydrogen) atoms. The highest BCUT2D eigenvalue weighted by Crippen LogP contribution is 2.31. The highest BCUT2D eigenvalue weighted by Gasteiger charge is 2.28. The molecule has 2 fully saturated rings. The van der Waals surface area contributed by atoms with Gasteiger partial charge in [-0.3, -0.25) is 30.5 Å². The summed E-state index contributed by atoms with van der Waals surface area (Å²) in [6.07, 6.45) is 5.64. The van der Waals surface area contributed by atoms with Gasteiger partial charge >= 0.3 is 0 Å². The summed E-state index contributed by atoms with van der Waals surface area (Å²) in [5.74, 6) is -0.659. The van der Waals surface area contributed by atoms with Gasteiger partial charge < -0.3 is 4.90 Å². The number of nitrogens with one attached hydrogen (secondary N) is 2. The molecule has 2 amide bonds. The van der Waals surface area contributed by atoms with Crippen molar-refractivity contribution >= 4 is 24.0 Å². The van der Waals surface area contributed by atoms with Gasteiger partial charge in [-0.05, 0) is 26.2 Å². The van der Waals surface area contributed by atoms with Crippen LogP contribution in [0.25, 0.3) is 0 Å². The molecule has 10 nitrogen and oxygen atoms in total. The van der Waals surface area contributed by atoms with Crippen molar-refractivity contribution in [2.24, 2.45) is 11.8 Å². The standard InChI is InChI=1S/C23H38FN7O3/c1-4-19-25-21(20(24)22(26-19)30-11-9-29(10-12-30)16(2)3)27-28-23(33)18(14-31(34)15-32)13-17-7-5-6-8-17/h15-18,34H,4-14H2,1-3H3,(H,28,33)(H,25,26,27). The zero-order valence-corrected chi connectivity index (χ0v) is 20.5. The second kappa shape index (κ2) is 12.3. The summed E-state index contributed by atoms with van der Waals surface area (Å²) in [6, 6.07) is 0.433. The van der Waals surface area contributed by atoms with E-state index in [1.54, 1.807) is 0 Å². The molecule has 0 radical (unpaired) electrons. The average molecular weight is 480 g/mol. The molecule has 1 aliphatic carbocycles. The van der Waals surface area contributed by atoms with Crippen LogP contribution in [-0.2, 0) is 16.0 Å². The van der Waals surface area contributed by atoms with Crippen LogP contribution in [0.2, 0.25) is 0 Å². The maximum absolute atomic E-state index is 15.4. The second-order valence-corrected chi connectivity index (χ2v) is 9.52. The van der Waals surface area contributed by atoms with Crippen LogP contribution in [-0.4, -0.2) is 76.2 Å². The summed E-state index contributed by atoms with van der Waals surface area (Å²) in [6.45, 7) is 9.01. The van der Waals surface area contributed by atoms with E-state index in [0.717, 1.165) is 38.8 Å². The lowest BCUT2D eigenvalue weighted by molar-refractivity contribution is -0.154. The fraction of sp³-hybridized carbons (Fsp3) is 0.739. The predicted molar refractivity (Wildman–Crippen MR) is 127 cm³/mol. The quantitative estimate of drug-likeness (QED) is 0.251. The molecule has 1 saturated carbocycles. The number of piperazine rings is 1. The highest BCUT2D eigenvalue weighted by atomic mass is 19.1. The van der Waals surface area contributed by atoms with Crippen molar-refractivity contribution in [2.45, 2.75) is 65.3 Å². The average Bonchev–Trinajstić information content (AvgIpc) is 3.36. The Balaban J connectivity index is 1.70. The van der Waals surface area contributed by atoms with Crippen molar-refractivity contribution in [2.75, 3.05) is 43.0 Å². The minimum Gasteiger partial charge on any atom is -0.351 e. The first kappa shape index (κ1) is 26.1. The van der Waals surface area contributed by atoms with Crippen LogP contribution in [0.4, 0.5) is 16.0 Å². The molecule has 0 bridgehead atoms. The molecule has 2 heterocycles. The summed E-state index contributed by atoms with van der Waals surface area (Å²) < 4.78 is 15.4. The number of nitrogens with zero attached hydrogens (tertiary/aromatic N) is 5. The van der Waals surface area contributed by atoms with Crippen LogP contribution >= 0.6 is 0 Å². The van der Waals surface area contributed by atoms with E-state index in [0.29, 0.717) is 48.8 Å². The molecule has 2 aliphatic rings. The fourth-order valence-corrected chi connectivity index (χ4v) is 4.79. The van der Waals surface area contributed by atoms with E-state index < -0.39 is 17.6 Å². The van der Waals surface area contributed by atoms with Gasteiger partial charge in [0.1, 0.15) is 5.82 Å². The van der Waals surface area contributed by atoms with E-state index in [4.69, 9.17) is 0 Å². The van der Waals surface area contributed by atoms with Gasteiger partial charge in [-0.15, -0.1) is 0 Å². The van der Waals surface area contributed by atoms with Crippen molar-refractivity contribution in [1.82, 2.24) is 25.4 Å². The molecular weight excluding hydrogens is 441 g/mol. The van der Waals surface area contributed by atoms with E-state index in [1.807, 2.05) is 11.8 Å². The summed E-state index contributed by atoms with van der Waals surface area (Å²) in [7, 11) is 0. The number of hydrogen-bond donors (Lipinski definition) is 3. The molecule has 0 aromatic carbocycles. The zero-order valence-electron chi connectivity index (χ0n) is 20.5. The number of halogens is 1. The predicted octanol–water partition coefficient (Wildman–Crippen LogP) is 2.20. The summed E-state index contributed by atoms with van der Waals surface area (Å²) in [5.41, 5.74) is 5.19. The molecule has 1 aromatic heterocycles. The maximum atomic E-state index is 15.4. The molecular formula is C23H38FN7O3. The van der Waals surface area contributed by atoms with Crippen LogP contribution in [0, 0.1) is 17.7 Å². The molecule has 3 rings (SSSR count). The number of rotatable bonds is 11. The van der Waals surface area contributed by atoms with Crippen molar-refractivity contribution in [3.05, 3.63) is 11.6 Å². The normalized spacial score (nSPS) is 18.2. The fourth-order valence-electron chi connectivity index (χ4n) is 4.79. The van der Waals surface area contributed by atoms with Gasteiger partial charge in [-0.25, -0.2) is 15.0 Å². The molecule has 1 atom stereocenters. The lowest BCUT2D eigenvalue weighted by atomic mass is 9.92. The van der Waals surface area contributed by atoms with Crippen molar-refractivity contribution in [3.63, 3.8) is 0 Å². The van der Waals surface area contributed by atoms with Crippen LogP contribution in [0.15, 0.2) is 0 Å². The van der Waals surface area contributed by atoms with Gasteiger partial charge in [0.25, 0.3) is 0 Å². The Kier molecular flexibility index (Phi) is 9.40. The number of aryl methyl sites for hydroxylation is 1. The number of hydrogen-bond acceptors (Lipinski definition) is 8. The third kappa shape index (κ3) is 6.75. The van der Waals surface area contributed by atoms with Crippen LogP contribution in [0.1, 0.15) is 58.7 Å². The molecule has 1 aliphatic heterocycles. The van der Waals surface area contributed by atoms with Crippen molar-refractivity contribution < 1.29 is 19.2 Å². The topological polar surface area (TPSA) is 114 Å². The first-order valence-corrected chi connectivity index (χ1v) is 12.3. The van der Waals surface area contributed by atoms with E-state index in [1.165, 1.54) is 0 Å². The number of carbonyl (C=O) groups excluding carboxylic acids is 2. The molecule has 11 heteroatoms. The number of anilines is 2. The largest absolute Gasteiger partial charge is 0.351 e. The van der Waals surface area contributed by atoms with Gasteiger partial charge in [-0.2, -0.15) is 4.39 Å². The third-order valence-electron chi connectivity index (χ3n) is 6.84. The first-order chi connectivity index (χ1) is 16.3. The molecule has 0 spiro atoms. The van der Waals surface area contributed by atoms with E-state index in [2.05, 4.69) is 39.6 Å². The Morgan fingerprint density at radius 2 is 1.91 bits per heavy atom. The van der Waals surface area contributed by atoms with Crippen molar-refractivity contribution in [3.8, 4) is 0 Å². The monoisotopic (exact) mass is 479 g/mol. The Morgan fingerprint density at radius 1 is 1.24 bits per heavy atom. The number of hydroxylamine groups is 2. The van der Waals surface area contributed by atoms with Gasteiger partial charge in [0.05, 0.1) is 12.5 Å². The molecule has 3 N–H and O–H groups in total. The Hall–Kier alpha value is -2.53. The number of carbonyl (C=O) groups is 2. The SMILES string of the molecule is CCc1nc(NNC(=O)C(CC2CCCC2)CN(O)C=O)c(F)c(N2CCN(C(C)C)CC2)n1. The van der Waals surface area contributed by atoms with Crippen LogP contribution < -0.4 is 15.8 Å². The first-order valence-electron chi connectivity index (χ1n) is 12.3. The minimum atomic E-state index is -0.620. The zero-order chi connectivity index (χ0) is 24.7. The van der Waals surface area contributed by atoms with Crippen molar-refractivity contribution in [1.29, 1.82) is 0 Å². The van der Waals surface area contributed by atoms with Gasteiger partial charge in [0, 0.05) is 38.6 Å². The number of aromatic nitrogens is 2. The lowest BCUT2D eigenvalue weighted by Gasteiger charge is -2.37. The maximum Gasteiger partial charge on any atom is 0.243 e. The Bertz CT molecular complexity index is 827. The molecule has 190 valence electrons. The van der Waals surface area contributed by atoms with Gasteiger partial charge in [0.2, 0.25) is 18.1 Å². The number of amides is 2. The Labute approximate surface area is 200 Å². The minimum absolute atomic E-state index is 0.0858. The summed E-state index contributed by atoms with van der Waals surface area (Å²) in [5, 5.41) is 10.1. The van der Waals surface area contributed by atoms with Crippen LogP contribution in [0.5, 0.6) is 0 Å². The second-order valence-electron chi connectivity index (χ2n) is 9.52. The number of hydrazine groups is 1. The van der Waals surface area contributed by atoms with Crippen LogP contribution in [0.3, 0.4) is 0 Å². The Morgan fingerprint density at radius 3 is 2.50 bits per heavy atom. The lowest BCUT2D eigenvalue weighted by Crippen LogP contribution is -2.49.